The maximum Gasteiger partial charge on any atom is 0.320 e. The minimum atomic E-state index is -3.82. The highest BCUT2D eigenvalue weighted by Gasteiger charge is 2.34. The summed E-state index contributed by atoms with van der Waals surface area (Å²) in [7, 11) is -3.82. The quantitative estimate of drug-likeness (QED) is 0.435. The molecule has 2 heterocycles. The van der Waals surface area contributed by atoms with E-state index in [-0.39, 0.29) is 31.7 Å². The number of halogens is 1. The van der Waals surface area contributed by atoms with Crippen molar-refractivity contribution in [2.24, 2.45) is 0 Å². The van der Waals surface area contributed by atoms with Gasteiger partial charge in [0.1, 0.15) is 17.2 Å². The van der Waals surface area contributed by atoms with Gasteiger partial charge in [-0.1, -0.05) is 0 Å². The predicted molar refractivity (Wildman–Crippen MR) is 122 cm³/mol. The van der Waals surface area contributed by atoms with Gasteiger partial charge in [-0.15, -0.1) is 0 Å². The Kier molecular flexibility index (Phi) is 7.74. The molecule has 1 aromatic heterocycles. The number of carbonyl (C=O) groups is 2. The number of piperidine rings is 1. The third-order valence-corrected chi connectivity index (χ3v) is 5.45. The van der Waals surface area contributed by atoms with E-state index in [1.54, 1.807) is 43.8 Å². The molecule has 1 unspecified atom stereocenters. The van der Waals surface area contributed by atoms with Gasteiger partial charge in [-0.25, -0.2) is 9.37 Å². The number of carbonyl (C=O) groups excluding carboxylic acids is 2. The zero-order valence-corrected chi connectivity index (χ0v) is 20.4. The second-order valence-corrected chi connectivity index (χ2v) is 10.6. The van der Waals surface area contributed by atoms with E-state index in [0.717, 1.165) is 6.26 Å². The van der Waals surface area contributed by atoms with Crippen LogP contribution in [0.1, 0.15) is 39.4 Å². The van der Waals surface area contributed by atoms with Gasteiger partial charge in [0, 0.05) is 30.7 Å². The average Bonchev–Trinajstić information content (AvgIpc) is 3.16. The molecule has 1 saturated heterocycles. The van der Waals surface area contributed by atoms with Gasteiger partial charge >= 0.3 is 5.97 Å². The minimum absolute atomic E-state index is 0.00871. The molecule has 1 aliphatic rings. The molecule has 0 aliphatic carbocycles. The van der Waals surface area contributed by atoms with E-state index in [0.29, 0.717) is 17.9 Å². The van der Waals surface area contributed by atoms with Crippen LogP contribution in [0.25, 0.3) is 5.69 Å². The van der Waals surface area contributed by atoms with Crippen molar-refractivity contribution in [1.29, 1.82) is 0 Å². The summed E-state index contributed by atoms with van der Waals surface area (Å²) >= 11 is 0. The fourth-order valence-corrected chi connectivity index (χ4v) is 4.20. The third kappa shape index (κ3) is 6.84. The molecule has 10 nitrogen and oxygen atoms in total. The maximum atomic E-state index is 15.0. The lowest BCUT2D eigenvalue weighted by Gasteiger charge is -2.31. The van der Waals surface area contributed by atoms with E-state index in [1.165, 1.54) is 17.0 Å². The Labute approximate surface area is 198 Å². The number of benzene rings is 1. The van der Waals surface area contributed by atoms with E-state index < -0.39 is 39.5 Å². The van der Waals surface area contributed by atoms with E-state index in [4.69, 9.17) is 8.92 Å². The monoisotopic (exact) mass is 496 g/mol. The second-order valence-electron chi connectivity index (χ2n) is 8.96. The first-order chi connectivity index (χ1) is 15.8. The number of imidazole rings is 1. The van der Waals surface area contributed by atoms with Gasteiger partial charge in [0.25, 0.3) is 16.0 Å². The van der Waals surface area contributed by atoms with Crippen LogP contribution in [0.5, 0.6) is 0 Å². The van der Waals surface area contributed by atoms with Crippen LogP contribution >= 0.6 is 0 Å². The summed E-state index contributed by atoms with van der Waals surface area (Å²) in [5.41, 5.74) is -0.0649. The van der Waals surface area contributed by atoms with Crippen molar-refractivity contribution < 1.29 is 31.3 Å². The van der Waals surface area contributed by atoms with E-state index in [9.17, 15) is 18.0 Å². The second kappa shape index (κ2) is 10.2. The van der Waals surface area contributed by atoms with E-state index in [2.05, 4.69) is 10.3 Å². The number of anilines is 1. The van der Waals surface area contributed by atoms with Crippen molar-refractivity contribution in [2.75, 3.05) is 24.2 Å². The Morgan fingerprint density at radius 3 is 2.71 bits per heavy atom. The lowest BCUT2D eigenvalue weighted by molar-refractivity contribution is -0.153. The van der Waals surface area contributed by atoms with Crippen LogP contribution in [0.3, 0.4) is 0 Å². The largest absolute Gasteiger partial charge is 0.459 e. The number of nitrogens with one attached hydrogen (secondary N) is 1. The summed E-state index contributed by atoms with van der Waals surface area (Å²) in [6.07, 6.45) is 3.64. The molecule has 0 saturated carbocycles. The SMILES string of the molecule is CC(C)(C)OC(=O)CNCc1nccn1-c1ccc(N2CCCC(OS(C)(=O)=O)C2=O)c(F)c1. The van der Waals surface area contributed by atoms with Crippen molar-refractivity contribution in [3.05, 3.63) is 42.2 Å². The molecule has 3 rings (SSSR count). The number of hydrogen-bond acceptors (Lipinski definition) is 8. The molecule has 1 aromatic carbocycles. The van der Waals surface area contributed by atoms with Crippen molar-refractivity contribution >= 4 is 27.7 Å². The summed E-state index contributed by atoms with van der Waals surface area (Å²) in [4.78, 5) is 30.0. The first-order valence-electron chi connectivity index (χ1n) is 10.8. The van der Waals surface area contributed by atoms with Gasteiger partial charge in [0.2, 0.25) is 0 Å². The number of ether oxygens (including phenoxy) is 1. The van der Waals surface area contributed by atoms with Crippen molar-refractivity contribution in [3.63, 3.8) is 0 Å². The fourth-order valence-electron chi connectivity index (χ4n) is 3.60. The Balaban J connectivity index is 1.71. The van der Waals surface area contributed by atoms with Crippen LogP contribution in [0.15, 0.2) is 30.6 Å². The van der Waals surface area contributed by atoms with Gasteiger partial charge in [0.05, 0.1) is 25.0 Å². The van der Waals surface area contributed by atoms with Crippen LogP contribution in [0.4, 0.5) is 10.1 Å². The molecule has 12 heteroatoms. The molecule has 34 heavy (non-hydrogen) atoms. The van der Waals surface area contributed by atoms with Crippen LogP contribution in [0, 0.1) is 5.82 Å². The number of hydrogen-bond donors (Lipinski definition) is 1. The zero-order valence-electron chi connectivity index (χ0n) is 19.6. The molecular formula is C22H29FN4O6S. The first kappa shape index (κ1) is 25.8. The third-order valence-electron chi connectivity index (χ3n) is 4.87. The number of amides is 1. The van der Waals surface area contributed by atoms with E-state index in [1.807, 2.05) is 0 Å². The number of nitrogens with zero attached hydrogens (tertiary/aromatic N) is 3. The fraction of sp³-hybridized carbons (Fsp3) is 0.500. The maximum absolute atomic E-state index is 15.0. The summed E-state index contributed by atoms with van der Waals surface area (Å²) < 4.78 is 49.7. The Morgan fingerprint density at radius 2 is 2.06 bits per heavy atom. The molecule has 0 spiro atoms. The molecular weight excluding hydrogens is 467 g/mol. The molecule has 1 atom stereocenters. The lowest BCUT2D eigenvalue weighted by atomic mass is 10.1. The van der Waals surface area contributed by atoms with Gasteiger partial charge in [-0.05, 0) is 45.7 Å². The predicted octanol–water partition coefficient (Wildman–Crippen LogP) is 1.91. The van der Waals surface area contributed by atoms with Crippen molar-refractivity contribution in [3.8, 4) is 5.69 Å². The van der Waals surface area contributed by atoms with Gasteiger partial charge in [-0.3, -0.25) is 19.1 Å². The summed E-state index contributed by atoms with van der Waals surface area (Å²) in [5.74, 6) is -1.10. The normalized spacial score (nSPS) is 17.1. The minimum Gasteiger partial charge on any atom is -0.459 e. The highest BCUT2D eigenvalue weighted by atomic mass is 32.2. The van der Waals surface area contributed by atoms with Crippen LogP contribution in [-0.2, 0) is 35.2 Å². The molecule has 1 aliphatic heterocycles. The molecule has 2 aromatic rings. The van der Waals surface area contributed by atoms with Crippen LogP contribution < -0.4 is 10.2 Å². The summed E-state index contributed by atoms with van der Waals surface area (Å²) in [6, 6.07) is 4.36. The zero-order chi connectivity index (χ0) is 25.1. The Bertz CT molecular complexity index is 1160. The summed E-state index contributed by atoms with van der Waals surface area (Å²) in [5, 5.41) is 2.96. The Morgan fingerprint density at radius 1 is 1.32 bits per heavy atom. The summed E-state index contributed by atoms with van der Waals surface area (Å²) in [6.45, 7) is 5.84. The number of esters is 1. The van der Waals surface area contributed by atoms with Crippen molar-refractivity contribution in [2.45, 2.75) is 51.9 Å². The van der Waals surface area contributed by atoms with Gasteiger partial charge in [0.15, 0.2) is 6.10 Å². The molecule has 1 N–H and O–H groups in total. The molecule has 0 radical (unpaired) electrons. The molecule has 1 fully saturated rings. The average molecular weight is 497 g/mol. The lowest BCUT2D eigenvalue weighted by Crippen LogP contribution is -2.46. The van der Waals surface area contributed by atoms with E-state index >= 15 is 4.39 Å². The highest BCUT2D eigenvalue weighted by molar-refractivity contribution is 7.86. The molecule has 0 bridgehead atoms. The van der Waals surface area contributed by atoms with Crippen molar-refractivity contribution in [1.82, 2.24) is 14.9 Å². The highest BCUT2D eigenvalue weighted by Crippen LogP contribution is 2.28. The number of rotatable bonds is 8. The van der Waals surface area contributed by atoms with Gasteiger partial charge in [-0.2, -0.15) is 8.42 Å². The standard InChI is InChI=1S/C22H29FN4O6S/c1-22(2,3)32-20(28)14-24-13-19-25-9-11-26(19)15-7-8-17(16(23)12-15)27-10-5-6-18(21(27)29)33-34(4,30)31/h7-9,11-12,18,24H,5-6,10,13-14H2,1-4H3. The Hall–Kier alpha value is -2.83. The molecule has 1 amide bonds. The van der Waals surface area contributed by atoms with Gasteiger partial charge < -0.3 is 14.2 Å². The number of aromatic nitrogens is 2. The topological polar surface area (TPSA) is 120 Å². The smallest absolute Gasteiger partial charge is 0.320 e. The van der Waals surface area contributed by atoms with Crippen LogP contribution in [0.2, 0.25) is 0 Å². The molecule has 186 valence electrons. The first-order valence-corrected chi connectivity index (χ1v) is 12.6. The van der Waals surface area contributed by atoms with Crippen LogP contribution in [-0.4, -0.2) is 60.9 Å².